The summed E-state index contributed by atoms with van der Waals surface area (Å²) in [5, 5.41) is 0. The van der Waals surface area contributed by atoms with Crippen LogP contribution in [0.1, 0.15) is 32.3 Å². The van der Waals surface area contributed by atoms with E-state index >= 15 is 0 Å². The molecular weight excluding hydrogens is 319 g/mol. The number of rotatable bonds is 6. The molecule has 3 heteroatoms. The number of hydrogen-bond acceptors (Lipinski definition) is 0. The minimum absolute atomic E-state index is 0.0892. The molecule has 0 N–H and O–H groups in total. The van der Waals surface area contributed by atoms with Crippen molar-refractivity contribution >= 4 is 39.1 Å². The number of alkyl halides is 2. The van der Waals surface area contributed by atoms with Gasteiger partial charge in [0.2, 0.25) is 0 Å². The highest BCUT2D eigenvalue weighted by Gasteiger charge is 2.30. The Kier molecular flexibility index (Phi) is 6.33. The van der Waals surface area contributed by atoms with E-state index in [0.717, 1.165) is 17.3 Å². The minimum atomic E-state index is -0.0892. The fourth-order valence-corrected chi connectivity index (χ4v) is 2.96. The van der Waals surface area contributed by atoms with Gasteiger partial charge in [-0.1, -0.05) is 48.3 Å². The number of halogens is 3. The van der Waals surface area contributed by atoms with E-state index in [4.69, 9.17) is 23.2 Å². The Morgan fingerprint density at radius 3 is 2.06 bits per heavy atom. The number of hydrogen-bond donors (Lipinski definition) is 0. The zero-order chi connectivity index (χ0) is 12.9. The molecule has 0 bridgehead atoms. The van der Waals surface area contributed by atoms with Crippen LogP contribution in [0, 0.1) is 5.92 Å². The largest absolute Gasteiger partial charge is 0.126 e. The molecule has 0 aliphatic heterocycles. The molecule has 0 amide bonds. The number of benzene rings is 1. The Morgan fingerprint density at radius 2 is 1.65 bits per heavy atom. The molecule has 0 radical (unpaired) electrons. The van der Waals surface area contributed by atoms with Gasteiger partial charge in [-0.2, -0.15) is 0 Å². The Morgan fingerprint density at radius 1 is 1.12 bits per heavy atom. The van der Waals surface area contributed by atoms with Crippen molar-refractivity contribution in [3.63, 3.8) is 0 Å². The van der Waals surface area contributed by atoms with Crippen LogP contribution in [-0.4, -0.2) is 11.8 Å². The Labute approximate surface area is 123 Å². The highest BCUT2D eigenvalue weighted by Crippen LogP contribution is 2.34. The molecule has 0 heterocycles. The van der Waals surface area contributed by atoms with Crippen LogP contribution in [0.2, 0.25) is 0 Å². The van der Waals surface area contributed by atoms with Crippen LogP contribution >= 0.6 is 39.1 Å². The normalized spacial score (nSPS) is 12.1. The summed E-state index contributed by atoms with van der Waals surface area (Å²) in [6, 6.07) is 8.35. The van der Waals surface area contributed by atoms with Crippen LogP contribution < -0.4 is 0 Å². The van der Waals surface area contributed by atoms with Crippen LogP contribution in [0.25, 0.3) is 0 Å². The van der Waals surface area contributed by atoms with Gasteiger partial charge in [-0.05, 0) is 30.0 Å². The van der Waals surface area contributed by atoms with E-state index in [1.807, 2.05) is 0 Å². The summed E-state index contributed by atoms with van der Waals surface area (Å²) in [6.07, 6.45) is 2.19. The lowest BCUT2D eigenvalue weighted by atomic mass is 9.78. The quantitative estimate of drug-likeness (QED) is 0.592. The maximum atomic E-state index is 6.19. The summed E-state index contributed by atoms with van der Waals surface area (Å²) in [4.78, 5) is 0. The van der Waals surface area contributed by atoms with Crippen LogP contribution in [0.5, 0.6) is 0 Å². The maximum Gasteiger partial charge on any atom is 0.0332 e. The van der Waals surface area contributed by atoms with Crippen molar-refractivity contribution in [3.05, 3.63) is 34.3 Å². The fraction of sp³-hybridized carbons (Fsp3) is 0.571. The van der Waals surface area contributed by atoms with E-state index in [0.29, 0.717) is 17.7 Å². The molecule has 0 aliphatic carbocycles. The van der Waals surface area contributed by atoms with Crippen molar-refractivity contribution in [2.45, 2.75) is 32.1 Å². The molecular formula is C14H19BrCl2. The summed E-state index contributed by atoms with van der Waals surface area (Å²) in [5.74, 6) is 1.83. The summed E-state index contributed by atoms with van der Waals surface area (Å²) < 4.78 is 1.09. The Bertz CT molecular complexity index is 329. The van der Waals surface area contributed by atoms with Gasteiger partial charge >= 0.3 is 0 Å². The first kappa shape index (κ1) is 15.3. The molecule has 0 aliphatic rings. The molecule has 1 rings (SSSR count). The summed E-state index contributed by atoms with van der Waals surface area (Å²) in [6.45, 7) is 4.46. The second-order valence-electron chi connectivity index (χ2n) is 4.99. The first-order chi connectivity index (χ1) is 8.04. The van der Waals surface area contributed by atoms with Gasteiger partial charge < -0.3 is 0 Å². The highest BCUT2D eigenvalue weighted by molar-refractivity contribution is 9.10. The summed E-state index contributed by atoms with van der Waals surface area (Å²) in [7, 11) is 0. The third kappa shape index (κ3) is 4.15. The predicted molar refractivity (Wildman–Crippen MR) is 81.3 cm³/mol. The lowest BCUT2D eigenvalue weighted by Crippen LogP contribution is -2.31. The zero-order valence-electron chi connectivity index (χ0n) is 10.3. The van der Waals surface area contributed by atoms with Crippen molar-refractivity contribution in [2.24, 2.45) is 5.92 Å². The van der Waals surface area contributed by atoms with Crippen molar-refractivity contribution in [1.29, 1.82) is 0 Å². The van der Waals surface area contributed by atoms with Gasteiger partial charge in [0, 0.05) is 21.6 Å². The molecule has 1 aromatic rings. The average Bonchev–Trinajstić information content (AvgIpc) is 2.32. The second-order valence-corrected chi connectivity index (χ2v) is 6.44. The Balaban J connectivity index is 2.93. The lowest BCUT2D eigenvalue weighted by molar-refractivity contribution is 0.423. The van der Waals surface area contributed by atoms with Gasteiger partial charge in [0.25, 0.3) is 0 Å². The van der Waals surface area contributed by atoms with Crippen LogP contribution in [0.15, 0.2) is 28.7 Å². The zero-order valence-corrected chi connectivity index (χ0v) is 13.4. The molecule has 0 nitrogen and oxygen atoms in total. The molecule has 1 aromatic carbocycles. The average molecular weight is 338 g/mol. The Hall–Kier alpha value is 0.280. The SMILES string of the molecule is CC(C)CCC(CCl)(CCl)c1ccc(Br)cc1. The first-order valence-electron chi connectivity index (χ1n) is 5.92. The molecule has 0 spiro atoms. The van der Waals surface area contributed by atoms with Crippen LogP contribution in [0.4, 0.5) is 0 Å². The molecule has 17 heavy (non-hydrogen) atoms. The topological polar surface area (TPSA) is 0 Å². The molecule has 0 unspecified atom stereocenters. The van der Waals surface area contributed by atoms with E-state index in [1.165, 1.54) is 5.56 Å². The van der Waals surface area contributed by atoms with Gasteiger partial charge in [0.15, 0.2) is 0 Å². The molecule has 0 saturated carbocycles. The molecule has 0 saturated heterocycles. The van der Waals surface area contributed by atoms with Crippen LogP contribution in [-0.2, 0) is 5.41 Å². The minimum Gasteiger partial charge on any atom is -0.126 e. The third-order valence-corrected chi connectivity index (χ3v) is 4.72. The van der Waals surface area contributed by atoms with E-state index in [9.17, 15) is 0 Å². The van der Waals surface area contributed by atoms with Crippen LogP contribution in [0.3, 0.4) is 0 Å². The third-order valence-electron chi connectivity index (χ3n) is 3.17. The maximum absolute atomic E-state index is 6.19. The molecule has 0 aromatic heterocycles. The van der Waals surface area contributed by atoms with Gasteiger partial charge in [-0.15, -0.1) is 23.2 Å². The monoisotopic (exact) mass is 336 g/mol. The smallest absolute Gasteiger partial charge is 0.0332 e. The van der Waals surface area contributed by atoms with Gasteiger partial charge in [0.1, 0.15) is 0 Å². The first-order valence-corrected chi connectivity index (χ1v) is 7.78. The van der Waals surface area contributed by atoms with Gasteiger partial charge in [-0.25, -0.2) is 0 Å². The molecule has 0 fully saturated rings. The van der Waals surface area contributed by atoms with Crippen molar-refractivity contribution < 1.29 is 0 Å². The van der Waals surface area contributed by atoms with Crippen molar-refractivity contribution in [1.82, 2.24) is 0 Å². The van der Waals surface area contributed by atoms with E-state index < -0.39 is 0 Å². The van der Waals surface area contributed by atoms with Gasteiger partial charge in [-0.3, -0.25) is 0 Å². The van der Waals surface area contributed by atoms with Gasteiger partial charge in [0.05, 0.1) is 0 Å². The highest BCUT2D eigenvalue weighted by atomic mass is 79.9. The van der Waals surface area contributed by atoms with E-state index in [-0.39, 0.29) is 5.41 Å². The summed E-state index contributed by atoms with van der Waals surface area (Å²) in [5.41, 5.74) is 1.15. The predicted octanol–water partition coefficient (Wildman–Crippen LogP) is 5.60. The molecule has 0 atom stereocenters. The van der Waals surface area contributed by atoms with E-state index in [1.54, 1.807) is 0 Å². The lowest BCUT2D eigenvalue weighted by Gasteiger charge is -2.31. The van der Waals surface area contributed by atoms with Crippen molar-refractivity contribution in [3.8, 4) is 0 Å². The van der Waals surface area contributed by atoms with Crippen molar-refractivity contribution in [2.75, 3.05) is 11.8 Å². The standard InChI is InChI=1S/C14H19BrCl2/c1-11(2)7-8-14(9-16,10-17)12-3-5-13(15)6-4-12/h3-6,11H,7-10H2,1-2H3. The second kappa shape index (κ2) is 7.01. The fourth-order valence-electron chi connectivity index (χ4n) is 1.84. The van der Waals surface area contributed by atoms with E-state index in [2.05, 4.69) is 54.0 Å². The molecule has 96 valence electrons. The summed E-state index contributed by atoms with van der Waals surface area (Å²) >= 11 is 15.8.